The Morgan fingerprint density at radius 2 is 1.86 bits per heavy atom. The molecule has 0 radical (unpaired) electrons. The monoisotopic (exact) mass is 367 g/mol. The van der Waals surface area contributed by atoms with Gasteiger partial charge in [-0.1, -0.05) is 34.8 Å². The van der Waals surface area contributed by atoms with Gasteiger partial charge in [0.05, 0.1) is 31.8 Å². The Bertz CT molecular complexity index is 637. The zero-order chi connectivity index (χ0) is 15.7. The average molecular weight is 369 g/mol. The molecule has 0 unspecified atom stereocenters. The summed E-state index contributed by atoms with van der Waals surface area (Å²) in [5.41, 5.74) is 0.152. The molecule has 1 aromatic rings. The van der Waals surface area contributed by atoms with Crippen LogP contribution in [0.15, 0.2) is 12.1 Å². The maximum absolute atomic E-state index is 12.2. The number of hydrogen-bond donors (Lipinski definition) is 1. The molecule has 0 aliphatic carbocycles. The van der Waals surface area contributed by atoms with Crippen molar-refractivity contribution in [1.82, 2.24) is 0 Å². The van der Waals surface area contributed by atoms with Gasteiger partial charge in [0.15, 0.2) is 0 Å². The number of hydrogen-bond acceptors (Lipinski definition) is 4. The van der Waals surface area contributed by atoms with Crippen molar-refractivity contribution < 1.29 is 19.5 Å². The maximum atomic E-state index is 12.2. The first-order valence-corrected chi connectivity index (χ1v) is 7.84. The lowest BCUT2D eigenvalue weighted by molar-refractivity contribution is -0.134. The number of amides is 2. The van der Waals surface area contributed by atoms with Crippen molar-refractivity contribution in [1.29, 1.82) is 0 Å². The average Bonchev–Trinajstić information content (AvgIpc) is 2.67. The van der Waals surface area contributed by atoms with Gasteiger partial charge in [0.2, 0.25) is 11.8 Å². The number of carbonyl (C=O) groups is 3. The van der Waals surface area contributed by atoms with E-state index in [1.807, 2.05) is 0 Å². The second kappa shape index (κ2) is 6.44. The molecular weight excluding hydrogens is 361 g/mol. The van der Waals surface area contributed by atoms with E-state index in [4.69, 9.17) is 39.9 Å². The van der Waals surface area contributed by atoms with Gasteiger partial charge >= 0.3 is 5.97 Å². The number of thioether (sulfide) groups is 1. The first-order chi connectivity index (χ1) is 9.81. The van der Waals surface area contributed by atoms with Gasteiger partial charge in [0.25, 0.3) is 0 Å². The summed E-state index contributed by atoms with van der Waals surface area (Å²) in [7, 11) is 0. The summed E-state index contributed by atoms with van der Waals surface area (Å²) in [5.74, 6) is -2.27. The van der Waals surface area contributed by atoms with Gasteiger partial charge in [-0.25, -0.2) is 4.90 Å². The Balaban J connectivity index is 2.28. The fourth-order valence-electron chi connectivity index (χ4n) is 1.84. The van der Waals surface area contributed by atoms with Crippen LogP contribution in [0.1, 0.15) is 6.42 Å². The van der Waals surface area contributed by atoms with Crippen LogP contribution in [-0.2, 0) is 14.4 Å². The normalized spacial score (nSPS) is 18.4. The minimum absolute atomic E-state index is 0.0760. The Morgan fingerprint density at radius 3 is 2.48 bits per heavy atom. The van der Waals surface area contributed by atoms with Crippen molar-refractivity contribution in [2.75, 3.05) is 10.7 Å². The number of anilines is 1. The number of carbonyl (C=O) groups excluding carboxylic acids is 2. The summed E-state index contributed by atoms with van der Waals surface area (Å²) < 4.78 is 0. The van der Waals surface area contributed by atoms with Gasteiger partial charge in [0.1, 0.15) is 0 Å². The molecule has 2 amide bonds. The zero-order valence-electron chi connectivity index (χ0n) is 10.3. The highest BCUT2D eigenvalue weighted by Crippen LogP contribution is 2.38. The second-order valence-corrected chi connectivity index (χ2v) is 6.60. The summed E-state index contributed by atoms with van der Waals surface area (Å²) in [5, 5.41) is 8.39. The predicted octanol–water partition coefficient (Wildman–Crippen LogP) is 3.10. The van der Waals surface area contributed by atoms with Gasteiger partial charge in [-0.3, -0.25) is 14.4 Å². The Morgan fingerprint density at radius 1 is 1.24 bits per heavy atom. The lowest BCUT2D eigenvalue weighted by atomic mass is 10.3. The third kappa shape index (κ3) is 3.45. The molecule has 112 valence electrons. The van der Waals surface area contributed by atoms with Crippen molar-refractivity contribution in [3.63, 3.8) is 0 Å². The minimum atomic E-state index is -1.05. The SMILES string of the molecule is O=C(O)CS[C@H]1CC(=O)N(c2cc(Cl)c(Cl)cc2Cl)C1=O. The molecule has 5 nitrogen and oxygen atoms in total. The van der Waals surface area contributed by atoms with Crippen LogP contribution in [0.2, 0.25) is 15.1 Å². The van der Waals surface area contributed by atoms with Crippen molar-refractivity contribution in [2.24, 2.45) is 0 Å². The van der Waals surface area contributed by atoms with E-state index in [1.54, 1.807) is 0 Å². The van der Waals surface area contributed by atoms with Crippen molar-refractivity contribution in [3.8, 4) is 0 Å². The summed E-state index contributed by atoms with van der Waals surface area (Å²) in [4.78, 5) is 35.7. The van der Waals surface area contributed by atoms with Gasteiger partial charge < -0.3 is 5.11 Å². The highest BCUT2D eigenvalue weighted by Gasteiger charge is 2.41. The quantitative estimate of drug-likeness (QED) is 0.653. The Kier molecular flexibility index (Phi) is 5.03. The fraction of sp³-hybridized carbons (Fsp3) is 0.250. The smallest absolute Gasteiger partial charge is 0.313 e. The standard InChI is InChI=1S/C12H8Cl3NO4S/c13-5-1-7(15)8(2-6(5)14)16-10(17)3-9(12(16)20)21-4-11(18)19/h1-2,9H,3-4H2,(H,18,19)/t9-/m0/s1. The van der Waals surface area contributed by atoms with E-state index in [1.165, 1.54) is 12.1 Å². The highest BCUT2D eigenvalue weighted by atomic mass is 35.5. The van der Waals surface area contributed by atoms with Crippen LogP contribution in [0.3, 0.4) is 0 Å². The Hall–Kier alpha value is -0.950. The van der Waals surface area contributed by atoms with Crippen LogP contribution in [0, 0.1) is 0 Å². The Labute approximate surface area is 139 Å². The fourth-order valence-corrected chi connectivity index (χ4v) is 3.32. The maximum Gasteiger partial charge on any atom is 0.313 e. The molecule has 1 aliphatic rings. The molecule has 21 heavy (non-hydrogen) atoms. The van der Waals surface area contributed by atoms with E-state index >= 15 is 0 Å². The summed E-state index contributed by atoms with van der Waals surface area (Å²) in [6.07, 6.45) is -0.0760. The van der Waals surface area contributed by atoms with E-state index in [-0.39, 0.29) is 32.9 Å². The van der Waals surface area contributed by atoms with Crippen LogP contribution in [0.4, 0.5) is 5.69 Å². The number of nitrogens with zero attached hydrogens (tertiary/aromatic N) is 1. The third-order valence-electron chi connectivity index (χ3n) is 2.74. The molecule has 1 N–H and O–H groups in total. The lowest BCUT2D eigenvalue weighted by Crippen LogP contribution is -2.31. The van der Waals surface area contributed by atoms with Crippen LogP contribution in [-0.4, -0.2) is 33.9 Å². The molecule has 0 bridgehead atoms. The number of rotatable bonds is 4. The van der Waals surface area contributed by atoms with Gasteiger partial charge in [-0.05, 0) is 12.1 Å². The molecule has 1 atom stereocenters. The number of aliphatic carboxylic acids is 1. The molecule has 1 saturated heterocycles. The number of benzene rings is 1. The molecular formula is C12H8Cl3NO4S. The summed E-state index contributed by atoms with van der Waals surface area (Å²) in [6, 6.07) is 2.69. The van der Waals surface area contributed by atoms with E-state index in [9.17, 15) is 14.4 Å². The zero-order valence-corrected chi connectivity index (χ0v) is 13.4. The van der Waals surface area contributed by atoms with Crippen LogP contribution in [0.5, 0.6) is 0 Å². The van der Waals surface area contributed by atoms with Crippen molar-refractivity contribution >= 4 is 70.0 Å². The molecule has 1 aliphatic heterocycles. The molecule has 0 saturated carbocycles. The van der Waals surface area contributed by atoms with E-state index < -0.39 is 23.0 Å². The highest BCUT2D eigenvalue weighted by molar-refractivity contribution is 8.01. The lowest BCUT2D eigenvalue weighted by Gasteiger charge is -2.17. The van der Waals surface area contributed by atoms with Crippen LogP contribution < -0.4 is 4.90 Å². The van der Waals surface area contributed by atoms with Crippen LogP contribution in [0.25, 0.3) is 0 Å². The number of carboxylic acids is 1. The molecule has 9 heteroatoms. The van der Waals surface area contributed by atoms with Crippen molar-refractivity contribution in [2.45, 2.75) is 11.7 Å². The number of halogens is 3. The van der Waals surface area contributed by atoms with Gasteiger partial charge in [-0.2, -0.15) is 0 Å². The minimum Gasteiger partial charge on any atom is -0.481 e. The van der Waals surface area contributed by atoms with Crippen molar-refractivity contribution in [3.05, 3.63) is 27.2 Å². The van der Waals surface area contributed by atoms with E-state index in [2.05, 4.69) is 0 Å². The topological polar surface area (TPSA) is 74.7 Å². The molecule has 0 aromatic heterocycles. The largest absolute Gasteiger partial charge is 0.481 e. The second-order valence-electron chi connectivity index (χ2n) is 4.18. The molecule has 1 fully saturated rings. The molecule has 1 heterocycles. The van der Waals surface area contributed by atoms with E-state index in [0.29, 0.717) is 0 Å². The van der Waals surface area contributed by atoms with Crippen LogP contribution >= 0.6 is 46.6 Å². The molecule has 1 aromatic carbocycles. The predicted molar refractivity (Wildman–Crippen MR) is 82.5 cm³/mol. The van der Waals surface area contributed by atoms with E-state index in [0.717, 1.165) is 16.7 Å². The third-order valence-corrected chi connectivity index (χ3v) is 4.95. The first kappa shape index (κ1) is 16.4. The molecule has 2 rings (SSSR count). The molecule has 0 spiro atoms. The first-order valence-electron chi connectivity index (χ1n) is 5.66. The summed E-state index contributed by atoms with van der Waals surface area (Å²) >= 11 is 18.6. The number of carboxylic acid groups (broad SMARTS) is 1. The van der Waals surface area contributed by atoms with Gasteiger partial charge in [-0.15, -0.1) is 11.8 Å². The van der Waals surface area contributed by atoms with Gasteiger partial charge in [0, 0.05) is 6.42 Å². The number of imide groups is 1. The summed E-state index contributed by atoms with van der Waals surface area (Å²) in [6.45, 7) is 0.